The van der Waals surface area contributed by atoms with Crippen molar-refractivity contribution >= 4 is 28.8 Å². The Hall–Kier alpha value is -1.58. The Labute approximate surface area is 129 Å². The molecule has 0 saturated heterocycles. The van der Waals surface area contributed by atoms with E-state index in [1.165, 1.54) is 5.56 Å². The summed E-state index contributed by atoms with van der Waals surface area (Å²) < 4.78 is 5.75. The molecule has 4 heteroatoms. The molecule has 2 nitrogen and oxygen atoms in total. The number of hydrogen-bond acceptors (Lipinski definition) is 2. The van der Waals surface area contributed by atoms with E-state index in [1.807, 2.05) is 30.3 Å². The highest BCUT2D eigenvalue weighted by Crippen LogP contribution is 2.26. The Kier molecular flexibility index (Phi) is 5.39. The van der Waals surface area contributed by atoms with Crippen LogP contribution in [0.2, 0.25) is 5.02 Å². The predicted molar refractivity (Wildman–Crippen MR) is 87.6 cm³/mol. The van der Waals surface area contributed by atoms with Gasteiger partial charge in [-0.25, -0.2) is 0 Å². The van der Waals surface area contributed by atoms with Gasteiger partial charge in [-0.05, 0) is 30.5 Å². The van der Waals surface area contributed by atoms with Crippen molar-refractivity contribution in [1.29, 1.82) is 0 Å². The Bertz CT molecular complexity index is 586. The van der Waals surface area contributed by atoms with Crippen molar-refractivity contribution in [3.63, 3.8) is 0 Å². The predicted octanol–water partition coefficient (Wildman–Crippen LogP) is 3.99. The van der Waals surface area contributed by atoms with E-state index >= 15 is 0 Å². The minimum absolute atomic E-state index is 0.258. The number of halogens is 1. The van der Waals surface area contributed by atoms with Crippen molar-refractivity contribution in [3.05, 3.63) is 64.7 Å². The van der Waals surface area contributed by atoms with Crippen LogP contribution in [-0.2, 0) is 6.42 Å². The molecule has 0 aromatic heterocycles. The smallest absolute Gasteiger partial charge is 0.130 e. The summed E-state index contributed by atoms with van der Waals surface area (Å²) in [5.41, 5.74) is 7.59. The molecule has 0 aliphatic carbocycles. The first kappa shape index (κ1) is 14.8. The van der Waals surface area contributed by atoms with Crippen molar-refractivity contribution in [3.8, 4) is 5.75 Å². The normalized spacial score (nSPS) is 10.2. The maximum atomic E-state index is 6.09. The Morgan fingerprint density at radius 2 is 1.85 bits per heavy atom. The van der Waals surface area contributed by atoms with E-state index in [4.69, 9.17) is 34.3 Å². The summed E-state index contributed by atoms with van der Waals surface area (Å²) in [5, 5.41) is 0.526. The molecule has 0 amide bonds. The highest BCUT2D eigenvalue weighted by Gasteiger charge is 2.10. The third-order valence-electron chi connectivity index (χ3n) is 2.93. The monoisotopic (exact) mass is 305 g/mol. The molecule has 0 aliphatic heterocycles. The van der Waals surface area contributed by atoms with Crippen LogP contribution < -0.4 is 10.5 Å². The van der Waals surface area contributed by atoms with E-state index in [0.29, 0.717) is 22.9 Å². The number of aryl methyl sites for hydroxylation is 1. The number of thiocarbonyl (C=S) groups is 1. The fraction of sp³-hybridized carbons (Fsp3) is 0.188. The highest BCUT2D eigenvalue weighted by molar-refractivity contribution is 7.80. The molecule has 104 valence electrons. The number of rotatable bonds is 6. The van der Waals surface area contributed by atoms with Crippen LogP contribution in [0.1, 0.15) is 17.5 Å². The van der Waals surface area contributed by atoms with Crippen LogP contribution >= 0.6 is 23.8 Å². The lowest BCUT2D eigenvalue weighted by atomic mass is 10.1. The van der Waals surface area contributed by atoms with E-state index < -0.39 is 0 Å². The summed E-state index contributed by atoms with van der Waals surface area (Å²) in [5.74, 6) is 0.651. The molecule has 0 atom stereocenters. The van der Waals surface area contributed by atoms with E-state index in [2.05, 4.69) is 12.1 Å². The molecule has 2 aromatic carbocycles. The van der Waals surface area contributed by atoms with Crippen molar-refractivity contribution < 1.29 is 4.74 Å². The summed E-state index contributed by atoms with van der Waals surface area (Å²) in [6.07, 6.45) is 1.90. The molecule has 0 radical (unpaired) electrons. The highest BCUT2D eigenvalue weighted by atomic mass is 35.5. The maximum Gasteiger partial charge on any atom is 0.130 e. The molecule has 0 unspecified atom stereocenters. The van der Waals surface area contributed by atoms with Crippen molar-refractivity contribution in [2.24, 2.45) is 5.73 Å². The lowest BCUT2D eigenvalue weighted by molar-refractivity contribution is 0.310. The van der Waals surface area contributed by atoms with E-state index in [0.717, 1.165) is 12.8 Å². The van der Waals surface area contributed by atoms with Gasteiger partial charge in [0.05, 0.1) is 17.2 Å². The molecule has 0 heterocycles. The summed E-state index contributed by atoms with van der Waals surface area (Å²) >= 11 is 11.1. The van der Waals surface area contributed by atoms with E-state index in [-0.39, 0.29) is 4.99 Å². The third-order valence-corrected chi connectivity index (χ3v) is 3.45. The first-order valence-electron chi connectivity index (χ1n) is 6.43. The minimum atomic E-state index is 0.258. The van der Waals surface area contributed by atoms with Crippen molar-refractivity contribution in [2.45, 2.75) is 12.8 Å². The minimum Gasteiger partial charge on any atom is -0.493 e. The zero-order valence-electron chi connectivity index (χ0n) is 11.0. The molecule has 0 aliphatic rings. The fourth-order valence-corrected chi connectivity index (χ4v) is 2.50. The van der Waals surface area contributed by atoms with Gasteiger partial charge in [-0.15, -0.1) is 0 Å². The zero-order valence-corrected chi connectivity index (χ0v) is 12.6. The molecule has 2 rings (SSSR count). The van der Waals surface area contributed by atoms with Gasteiger partial charge >= 0.3 is 0 Å². The number of ether oxygens (including phenoxy) is 1. The van der Waals surface area contributed by atoms with Gasteiger partial charge in [0, 0.05) is 0 Å². The molecule has 0 saturated carbocycles. The van der Waals surface area contributed by atoms with Gasteiger partial charge in [-0.3, -0.25) is 0 Å². The van der Waals surface area contributed by atoms with Crippen LogP contribution in [0.25, 0.3) is 0 Å². The van der Waals surface area contributed by atoms with E-state index in [9.17, 15) is 0 Å². The molecular formula is C16H16ClNOS. The van der Waals surface area contributed by atoms with Crippen LogP contribution in [0.3, 0.4) is 0 Å². The fourth-order valence-electron chi connectivity index (χ4n) is 1.97. The Balaban J connectivity index is 1.92. The van der Waals surface area contributed by atoms with Gasteiger partial charge in [0.1, 0.15) is 10.7 Å². The number of hydrogen-bond donors (Lipinski definition) is 1. The topological polar surface area (TPSA) is 35.2 Å². The standard InChI is InChI=1S/C16H16ClNOS/c17-13-9-4-10-14(15(13)16(18)20)19-11-5-8-12-6-2-1-3-7-12/h1-4,6-7,9-10H,5,8,11H2,(H2,18,20). The number of nitrogens with two attached hydrogens (primary N) is 1. The number of benzene rings is 2. The summed E-state index contributed by atoms with van der Waals surface area (Å²) in [6.45, 7) is 0.602. The molecule has 0 spiro atoms. The van der Waals surface area contributed by atoms with Crippen molar-refractivity contribution in [1.82, 2.24) is 0 Å². The largest absolute Gasteiger partial charge is 0.493 e. The molecule has 0 bridgehead atoms. The molecule has 0 fully saturated rings. The first-order chi connectivity index (χ1) is 9.68. The van der Waals surface area contributed by atoms with Crippen molar-refractivity contribution in [2.75, 3.05) is 6.61 Å². The van der Waals surface area contributed by atoms with Gasteiger partial charge in [0.15, 0.2) is 0 Å². The third kappa shape index (κ3) is 3.95. The average molecular weight is 306 g/mol. The lowest BCUT2D eigenvalue weighted by Crippen LogP contribution is -2.13. The summed E-state index contributed by atoms with van der Waals surface area (Å²) in [7, 11) is 0. The van der Waals surface area contributed by atoms with Gasteiger partial charge in [0.25, 0.3) is 0 Å². The van der Waals surface area contributed by atoms with Gasteiger partial charge in [0.2, 0.25) is 0 Å². The quantitative estimate of drug-likeness (QED) is 0.647. The lowest BCUT2D eigenvalue weighted by Gasteiger charge is -2.11. The van der Waals surface area contributed by atoms with E-state index in [1.54, 1.807) is 6.07 Å². The molecule has 2 aromatic rings. The first-order valence-corrected chi connectivity index (χ1v) is 7.22. The second-order valence-corrected chi connectivity index (χ2v) is 5.26. The van der Waals surface area contributed by atoms with Crippen LogP contribution in [0.4, 0.5) is 0 Å². The second-order valence-electron chi connectivity index (χ2n) is 4.41. The van der Waals surface area contributed by atoms with Gasteiger partial charge in [-0.1, -0.05) is 60.2 Å². The second kappa shape index (κ2) is 7.27. The van der Waals surface area contributed by atoms with Crippen LogP contribution in [0.15, 0.2) is 48.5 Å². The van der Waals surface area contributed by atoms with Crippen LogP contribution in [0.5, 0.6) is 5.75 Å². The molecule has 2 N–H and O–H groups in total. The SMILES string of the molecule is NC(=S)c1c(Cl)cccc1OCCCc1ccccc1. The van der Waals surface area contributed by atoms with Gasteiger partial charge in [-0.2, -0.15) is 0 Å². The molecule has 20 heavy (non-hydrogen) atoms. The maximum absolute atomic E-state index is 6.09. The Morgan fingerprint density at radius 1 is 1.10 bits per heavy atom. The average Bonchev–Trinajstić information content (AvgIpc) is 2.44. The summed E-state index contributed by atoms with van der Waals surface area (Å²) in [4.78, 5) is 0.258. The van der Waals surface area contributed by atoms with Crippen LogP contribution in [0, 0.1) is 0 Å². The zero-order chi connectivity index (χ0) is 14.4. The molecular weight excluding hydrogens is 290 g/mol. The van der Waals surface area contributed by atoms with Gasteiger partial charge < -0.3 is 10.5 Å². The van der Waals surface area contributed by atoms with Crippen LogP contribution in [-0.4, -0.2) is 11.6 Å². The summed E-state index contributed by atoms with van der Waals surface area (Å²) in [6, 6.07) is 15.7. The Morgan fingerprint density at radius 3 is 2.55 bits per heavy atom.